The number of nitrogens with zero attached hydrogens (tertiary/aromatic N) is 2. The molecule has 0 aliphatic carbocycles. The number of aryl methyl sites for hydroxylation is 1. The van der Waals surface area contributed by atoms with Gasteiger partial charge in [-0.05, 0) is 37.3 Å². The SMILES string of the molecule is Cc1ccc(-n2ccnc2S(=O)(=O)CC(=O)c2ccc(O)c(O)c2)cc1. The summed E-state index contributed by atoms with van der Waals surface area (Å²) in [4.78, 5) is 16.2. The van der Waals surface area contributed by atoms with Crippen LogP contribution in [0.3, 0.4) is 0 Å². The molecule has 26 heavy (non-hydrogen) atoms. The predicted octanol–water partition coefficient (Wildman–Crippen LogP) is 2.25. The number of imidazole rings is 1. The first kappa shape index (κ1) is 17.7. The minimum absolute atomic E-state index is 0.0164. The van der Waals surface area contributed by atoms with E-state index in [4.69, 9.17) is 0 Å². The number of hydrogen-bond donors (Lipinski definition) is 2. The molecule has 2 aromatic carbocycles. The van der Waals surface area contributed by atoms with Crippen molar-refractivity contribution >= 4 is 15.6 Å². The van der Waals surface area contributed by atoms with Crippen LogP contribution in [0.1, 0.15) is 15.9 Å². The Kier molecular flexibility index (Phi) is 4.52. The Bertz CT molecular complexity index is 1070. The Hall–Kier alpha value is -3.13. The minimum atomic E-state index is -4.02. The van der Waals surface area contributed by atoms with Gasteiger partial charge in [-0.1, -0.05) is 17.7 Å². The van der Waals surface area contributed by atoms with Gasteiger partial charge >= 0.3 is 0 Å². The molecule has 0 spiro atoms. The highest BCUT2D eigenvalue weighted by Gasteiger charge is 2.26. The molecule has 1 aromatic heterocycles. The zero-order valence-electron chi connectivity index (χ0n) is 13.8. The summed E-state index contributed by atoms with van der Waals surface area (Å²) < 4.78 is 26.7. The third kappa shape index (κ3) is 3.45. The molecule has 3 rings (SSSR count). The van der Waals surface area contributed by atoms with E-state index in [0.29, 0.717) is 5.69 Å². The first-order chi connectivity index (χ1) is 12.3. The third-order valence-electron chi connectivity index (χ3n) is 3.82. The molecule has 2 N–H and O–H groups in total. The molecule has 8 heteroatoms. The Morgan fingerprint density at radius 1 is 1.08 bits per heavy atom. The monoisotopic (exact) mass is 372 g/mol. The van der Waals surface area contributed by atoms with Crippen molar-refractivity contribution in [3.05, 3.63) is 66.0 Å². The molecule has 7 nitrogen and oxygen atoms in total. The lowest BCUT2D eigenvalue weighted by atomic mass is 10.1. The molecule has 0 aliphatic heterocycles. The Morgan fingerprint density at radius 2 is 1.77 bits per heavy atom. The van der Waals surface area contributed by atoms with E-state index in [1.165, 1.54) is 23.0 Å². The lowest BCUT2D eigenvalue weighted by Gasteiger charge is -2.09. The number of phenolic OH excluding ortho intramolecular Hbond substituents is 2. The summed E-state index contributed by atoms with van der Waals surface area (Å²) in [6.07, 6.45) is 2.86. The zero-order chi connectivity index (χ0) is 18.9. The van der Waals surface area contributed by atoms with Gasteiger partial charge in [0.2, 0.25) is 15.0 Å². The second-order valence-electron chi connectivity index (χ2n) is 5.80. The molecule has 0 aliphatic rings. The average Bonchev–Trinajstić information content (AvgIpc) is 3.08. The summed E-state index contributed by atoms with van der Waals surface area (Å²) in [5.74, 6) is -2.40. The highest BCUT2D eigenvalue weighted by molar-refractivity contribution is 7.92. The molecule has 0 atom stereocenters. The Balaban J connectivity index is 1.92. The molecule has 1 heterocycles. The molecule has 0 fully saturated rings. The van der Waals surface area contributed by atoms with Crippen molar-refractivity contribution in [2.45, 2.75) is 12.1 Å². The van der Waals surface area contributed by atoms with Crippen molar-refractivity contribution in [2.75, 3.05) is 5.75 Å². The molecule has 0 saturated carbocycles. The number of hydrogen-bond acceptors (Lipinski definition) is 6. The van der Waals surface area contributed by atoms with Crippen LogP contribution in [-0.4, -0.2) is 39.7 Å². The van der Waals surface area contributed by atoms with E-state index < -0.39 is 27.1 Å². The van der Waals surface area contributed by atoms with Crippen molar-refractivity contribution < 1.29 is 23.4 Å². The number of phenols is 2. The molecule has 3 aromatic rings. The molecule has 0 radical (unpaired) electrons. The first-order valence-electron chi connectivity index (χ1n) is 7.66. The maximum atomic E-state index is 12.7. The summed E-state index contributed by atoms with van der Waals surface area (Å²) in [6, 6.07) is 10.6. The second kappa shape index (κ2) is 6.64. The largest absolute Gasteiger partial charge is 0.504 e. The molecule has 0 saturated heterocycles. The summed E-state index contributed by atoms with van der Waals surface area (Å²) in [7, 11) is -4.02. The van der Waals surface area contributed by atoms with Crippen LogP contribution in [0.25, 0.3) is 5.69 Å². The number of ketones is 1. The number of aromatic hydroxyl groups is 2. The van der Waals surface area contributed by atoms with E-state index in [2.05, 4.69) is 4.98 Å². The summed E-state index contributed by atoms with van der Waals surface area (Å²) in [5.41, 5.74) is 1.62. The third-order valence-corrected chi connectivity index (χ3v) is 5.32. The van der Waals surface area contributed by atoms with Gasteiger partial charge in [-0.15, -0.1) is 0 Å². The van der Waals surface area contributed by atoms with E-state index in [1.54, 1.807) is 12.1 Å². The smallest absolute Gasteiger partial charge is 0.232 e. The summed E-state index contributed by atoms with van der Waals surface area (Å²) in [5, 5.41) is 18.5. The van der Waals surface area contributed by atoms with E-state index in [1.807, 2.05) is 19.1 Å². The van der Waals surface area contributed by atoms with E-state index >= 15 is 0 Å². The van der Waals surface area contributed by atoms with Gasteiger partial charge < -0.3 is 10.2 Å². The molecular weight excluding hydrogens is 356 g/mol. The van der Waals surface area contributed by atoms with Gasteiger partial charge in [0.15, 0.2) is 17.3 Å². The number of carbonyl (C=O) groups is 1. The van der Waals surface area contributed by atoms with Gasteiger partial charge in [0.25, 0.3) is 0 Å². The molecule has 0 unspecified atom stereocenters. The van der Waals surface area contributed by atoms with Crippen LogP contribution in [0.4, 0.5) is 0 Å². The lowest BCUT2D eigenvalue weighted by molar-refractivity contribution is 0.102. The van der Waals surface area contributed by atoms with Gasteiger partial charge in [0.05, 0.1) is 0 Å². The van der Waals surface area contributed by atoms with Crippen molar-refractivity contribution in [1.29, 1.82) is 0 Å². The number of rotatable bonds is 5. The standard InChI is InChI=1S/C18H16N2O5S/c1-12-2-5-14(6-3-12)20-9-8-19-18(20)26(24,25)11-17(23)13-4-7-15(21)16(22)10-13/h2-10,21-22H,11H2,1H3. The topological polar surface area (TPSA) is 109 Å². The lowest BCUT2D eigenvalue weighted by Crippen LogP contribution is -2.19. The Labute approximate surface area is 150 Å². The highest BCUT2D eigenvalue weighted by atomic mass is 32.2. The molecule has 0 amide bonds. The zero-order valence-corrected chi connectivity index (χ0v) is 14.6. The average molecular weight is 372 g/mol. The van der Waals surface area contributed by atoms with Crippen molar-refractivity contribution in [2.24, 2.45) is 0 Å². The van der Waals surface area contributed by atoms with Gasteiger partial charge in [0, 0.05) is 23.6 Å². The summed E-state index contributed by atoms with van der Waals surface area (Å²) in [6.45, 7) is 1.92. The van der Waals surface area contributed by atoms with Crippen LogP contribution in [0.15, 0.2) is 60.0 Å². The number of benzene rings is 2. The van der Waals surface area contributed by atoms with Gasteiger partial charge in [-0.25, -0.2) is 13.4 Å². The van der Waals surface area contributed by atoms with Crippen LogP contribution in [0.2, 0.25) is 0 Å². The minimum Gasteiger partial charge on any atom is -0.504 e. The predicted molar refractivity (Wildman–Crippen MR) is 94.5 cm³/mol. The van der Waals surface area contributed by atoms with E-state index in [-0.39, 0.29) is 16.5 Å². The van der Waals surface area contributed by atoms with Gasteiger partial charge in [0.1, 0.15) is 5.75 Å². The molecular formula is C18H16N2O5S. The number of sulfone groups is 1. The highest BCUT2D eigenvalue weighted by Crippen LogP contribution is 2.25. The number of carbonyl (C=O) groups excluding carboxylic acids is 1. The second-order valence-corrected chi connectivity index (χ2v) is 7.68. The van der Waals surface area contributed by atoms with Gasteiger partial charge in [-0.3, -0.25) is 9.36 Å². The Morgan fingerprint density at radius 3 is 2.42 bits per heavy atom. The first-order valence-corrected chi connectivity index (χ1v) is 9.31. The van der Waals surface area contributed by atoms with Gasteiger partial charge in [-0.2, -0.15) is 0 Å². The molecule has 0 bridgehead atoms. The van der Waals surface area contributed by atoms with Crippen molar-refractivity contribution in [3.63, 3.8) is 0 Å². The van der Waals surface area contributed by atoms with Crippen LogP contribution in [-0.2, 0) is 9.84 Å². The van der Waals surface area contributed by atoms with Crippen LogP contribution in [0.5, 0.6) is 11.5 Å². The molecule has 134 valence electrons. The van der Waals surface area contributed by atoms with Crippen molar-refractivity contribution in [1.82, 2.24) is 9.55 Å². The maximum absolute atomic E-state index is 12.7. The van der Waals surface area contributed by atoms with Crippen LogP contribution in [0, 0.1) is 6.92 Å². The normalized spacial score (nSPS) is 11.4. The maximum Gasteiger partial charge on any atom is 0.232 e. The van der Waals surface area contributed by atoms with Crippen molar-refractivity contribution in [3.8, 4) is 17.2 Å². The van der Waals surface area contributed by atoms with E-state index in [9.17, 15) is 23.4 Å². The van der Waals surface area contributed by atoms with E-state index in [0.717, 1.165) is 17.7 Å². The fourth-order valence-electron chi connectivity index (χ4n) is 2.44. The number of aromatic nitrogens is 2. The van der Waals surface area contributed by atoms with Crippen LogP contribution < -0.4 is 0 Å². The summed E-state index contributed by atoms with van der Waals surface area (Å²) >= 11 is 0. The fourth-order valence-corrected chi connectivity index (χ4v) is 3.77. The van der Waals surface area contributed by atoms with Crippen LogP contribution >= 0.6 is 0 Å². The quantitative estimate of drug-likeness (QED) is 0.525. The fraction of sp³-hybridized carbons (Fsp3) is 0.111. The number of Topliss-reactive ketones (excluding diaryl/α,β-unsaturated/α-hetero) is 1.